The zero-order chi connectivity index (χ0) is 18.6. The van der Waals surface area contributed by atoms with Gasteiger partial charge >= 0.3 is 30.9 Å². The third kappa shape index (κ3) is 6.01. The van der Waals surface area contributed by atoms with Gasteiger partial charge in [-0.2, -0.15) is 4.57 Å². The van der Waals surface area contributed by atoms with Gasteiger partial charge in [-0.15, -0.1) is 0 Å². The Labute approximate surface area is 184 Å². The largest absolute Gasteiger partial charge is 2.00 e. The first-order valence-electron chi connectivity index (χ1n) is 8.32. The van der Waals surface area contributed by atoms with Crippen molar-refractivity contribution in [3.05, 3.63) is 89.5 Å². The number of hydrogen-bond donors (Lipinski definition) is 0. The Kier molecular flexibility index (Phi) is 9.05. The van der Waals surface area contributed by atoms with E-state index in [0.29, 0.717) is 17.2 Å². The van der Waals surface area contributed by atoms with Crippen molar-refractivity contribution in [2.75, 3.05) is 0 Å². The Morgan fingerprint density at radius 3 is 1.11 bits per heavy atom. The zero-order valence-electron chi connectivity index (χ0n) is 18.2. The summed E-state index contributed by atoms with van der Waals surface area (Å²) in [5, 5.41) is 0. The van der Waals surface area contributed by atoms with E-state index in [1.54, 1.807) is 18.2 Å². The predicted molar refractivity (Wildman–Crippen MR) is 115 cm³/mol. The van der Waals surface area contributed by atoms with Crippen molar-refractivity contribution in [1.29, 1.82) is 0 Å². The first-order chi connectivity index (χ1) is 12.5. The second kappa shape index (κ2) is 10.5. The summed E-state index contributed by atoms with van der Waals surface area (Å²) in [5.74, 6) is 1.37. The van der Waals surface area contributed by atoms with Gasteiger partial charge < -0.3 is 21.9 Å². The van der Waals surface area contributed by atoms with E-state index in [0.717, 1.165) is 16.7 Å². The van der Waals surface area contributed by atoms with Crippen molar-refractivity contribution in [3.8, 4) is 17.2 Å². The fourth-order valence-corrected chi connectivity index (χ4v) is 3.84. The van der Waals surface area contributed by atoms with Crippen LogP contribution < -0.4 is 13.6 Å². The second-order valence-electron chi connectivity index (χ2n) is 6.02. The molecule has 0 atom stereocenters. The summed E-state index contributed by atoms with van der Waals surface area (Å²) in [4.78, 5) is 0. The topological polar surface area (TPSA) is 76.3 Å². The van der Waals surface area contributed by atoms with Gasteiger partial charge in [0.1, 0.15) is 17.2 Å². The molecular weight excluding hydrogens is 388 g/mol. The van der Waals surface area contributed by atoms with E-state index in [-0.39, 0.29) is 31.4 Å². The first-order valence-corrected chi connectivity index (χ1v) is 9.79. The average Bonchev–Trinajstić information content (AvgIpc) is 2.61. The summed E-state index contributed by atoms with van der Waals surface area (Å²) < 4.78 is 30.8. The number of hydrogen-bond acceptors (Lipinski definition) is 4. The molecule has 0 radical (unpaired) electrons. The fraction of sp³-hybridized carbons (Fsp3) is 0.143. The molecule has 0 aromatic heterocycles. The molecule has 146 valence electrons. The van der Waals surface area contributed by atoms with Crippen LogP contribution in [0.3, 0.4) is 0 Å². The first kappa shape index (κ1) is 24.1. The minimum atomic E-state index is -3.97. The van der Waals surface area contributed by atoms with Crippen molar-refractivity contribution < 1.29 is 26.5 Å². The number of para-hydroxylation sites is 3. The van der Waals surface area contributed by atoms with Crippen LogP contribution in [0.15, 0.2) is 72.8 Å². The Morgan fingerprint density at radius 1 is 0.607 bits per heavy atom. The quantitative estimate of drug-likeness (QED) is 0.408. The van der Waals surface area contributed by atoms with Gasteiger partial charge in [0.2, 0.25) is 0 Å². The van der Waals surface area contributed by atoms with Gasteiger partial charge in [0.15, 0.2) is 0 Å². The Morgan fingerprint density at radius 2 is 0.857 bits per heavy atom. The van der Waals surface area contributed by atoms with Crippen molar-refractivity contribution in [1.82, 2.24) is 0 Å². The fourth-order valence-electron chi connectivity index (χ4n) is 2.39. The van der Waals surface area contributed by atoms with Crippen molar-refractivity contribution in [2.24, 2.45) is 0 Å². The Balaban J connectivity index is 0. The molecule has 3 aromatic carbocycles. The normalized spacial score (nSPS) is 10.2. The van der Waals surface area contributed by atoms with E-state index in [1.807, 2.05) is 75.4 Å². The monoisotopic (exact) mass is 412 g/mol. The number of phosphoric acid groups is 1. The minimum absolute atomic E-state index is 0. The van der Waals surface area contributed by atoms with Crippen LogP contribution in [-0.2, 0) is 4.57 Å². The van der Waals surface area contributed by atoms with Crippen LogP contribution in [0.4, 0.5) is 0 Å². The van der Waals surface area contributed by atoms with Gasteiger partial charge in [0.05, 0.1) is 0 Å². The van der Waals surface area contributed by atoms with Gasteiger partial charge in [-0.1, -0.05) is 54.6 Å². The van der Waals surface area contributed by atoms with Gasteiger partial charge in [-0.05, 0) is 55.7 Å². The molecule has 0 aliphatic rings. The molecule has 0 aliphatic carbocycles. The third-order valence-electron chi connectivity index (χ3n) is 3.91. The van der Waals surface area contributed by atoms with E-state index in [2.05, 4.69) is 0 Å². The van der Waals surface area contributed by atoms with Crippen LogP contribution in [0, 0.1) is 20.8 Å². The maximum absolute atomic E-state index is 13.5. The molecule has 0 aliphatic heterocycles. The molecule has 0 fully saturated rings. The van der Waals surface area contributed by atoms with Crippen LogP contribution in [0.5, 0.6) is 17.2 Å². The SMILES string of the molecule is Cc1ccccc1OP(=O)(Oc1ccccc1C)Oc1ccccc1C.O.[H-].[H-].[Mg+2]. The van der Waals surface area contributed by atoms with Gasteiger partial charge in [0.25, 0.3) is 0 Å². The van der Waals surface area contributed by atoms with Crippen molar-refractivity contribution >= 4 is 30.9 Å². The summed E-state index contributed by atoms with van der Waals surface area (Å²) >= 11 is 0. The number of phosphoric ester groups is 1. The zero-order valence-corrected chi connectivity index (χ0v) is 18.5. The molecule has 3 rings (SSSR count). The molecule has 0 amide bonds. The number of benzene rings is 3. The molecule has 7 heteroatoms. The van der Waals surface area contributed by atoms with Crippen molar-refractivity contribution in [3.63, 3.8) is 0 Å². The smallest absolute Gasteiger partial charge is 1.00 e. The number of aryl methyl sites for hydroxylation is 3. The standard InChI is InChI=1S/C21H21O4P.Mg.H2O.2H/c1-16-10-4-7-13-19(16)23-26(22,24-20-14-8-5-11-17(20)2)25-21-15-9-6-12-18(21)3;;;;/h4-15H,1-3H3;;1H2;;/q;+2;;2*-1. The van der Waals surface area contributed by atoms with Crippen molar-refractivity contribution in [2.45, 2.75) is 20.8 Å². The molecule has 0 unspecified atom stereocenters. The molecule has 0 spiro atoms. The van der Waals surface area contributed by atoms with Crippen LogP contribution in [-0.4, -0.2) is 28.5 Å². The molecular formula is C21H25MgO5P. The number of rotatable bonds is 6. The van der Waals surface area contributed by atoms with E-state index in [9.17, 15) is 4.57 Å². The summed E-state index contributed by atoms with van der Waals surface area (Å²) in [7, 11) is -3.97. The summed E-state index contributed by atoms with van der Waals surface area (Å²) in [6.45, 7) is 5.63. The molecule has 0 saturated heterocycles. The maximum atomic E-state index is 13.5. The van der Waals surface area contributed by atoms with Gasteiger partial charge in [0, 0.05) is 0 Å². The van der Waals surface area contributed by atoms with E-state index < -0.39 is 7.82 Å². The molecule has 2 N–H and O–H groups in total. The van der Waals surface area contributed by atoms with E-state index in [1.165, 1.54) is 0 Å². The molecule has 5 nitrogen and oxygen atoms in total. The summed E-state index contributed by atoms with van der Waals surface area (Å²) in [6.07, 6.45) is 0. The van der Waals surface area contributed by atoms with E-state index >= 15 is 0 Å². The minimum Gasteiger partial charge on any atom is -1.00 e. The second-order valence-corrected chi connectivity index (χ2v) is 7.46. The van der Waals surface area contributed by atoms with Crippen LogP contribution >= 0.6 is 7.82 Å². The van der Waals surface area contributed by atoms with Crippen LogP contribution in [0.1, 0.15) is 19.5 Å². The summed E-state index contributed by atoms with van der Waals surface area (Å²) in [6, 6.07) is 22.0. The maximum Gasteiger partial charge on any atom is 2.00 e. The Bertz CT molecular complexity index is 849. The predicted octanol–water partition coefficient (Wildman–Crippen LogP) is 5.28. The van der Waals surface area contributed by atoms with Gasteiger partial charge in [-0.3, -0.25) is 0 Å². The molecule has 0 bridgehead atoms. The van der Waals surface area contributed by atoms with Gasteiger partial charge in [-0.25, -0.2) is 0 Å². The van der Waals surface area contributed by atoms with E-state index in [4.69, 9.17) is 13.6 Å². The average molecular weight is 413 g/mol. The molecule has 0 heterocycles. The third-order valence-corrected chi connectivity index (χ3v) is 5.17. The van der Waals surface area contributed by atoms with Crippen LogP contribution in [0.25, 0.3) is 0 Å². The molecule has 28 heavy (non-hydrogen) atoms. The van der Waals surface area contributed by atoms with Crippen LogP contribution in [0.2, 0.25) is 0 Å². The Hall–Kier alpha value is -1.98. The molecule has 0 saturated carbocycles. The summed E-state index contributed by atoms with van der Waals surface area (Å²) in [5.41, 5.74) is 2.53. The molecule has 3 aromatic rings.